The number of methoxy groups -OCH3 is 1. The lowest BCUT2D eigenvalue weighted by molar-refractivity contribution is 0.411. The average Bonchev–Trinajstić information content (AvgIpc) is 2.91. The van der Waals surface area contributed by atoms with Crippen LogP contribution in [-0.4, -0.2) is 20.5 Å². The first kappa shape index (κ1) is 13.7. The maximum absolute atomic E-state index is 12.8. The Hall–Kier alpha value is -2.27. The van der Waals surface area contributed by atoms with Gasteiger partial charge >= 0.3 is 0 Å². The predicted octanol–water partition coefficient (Wildman–Crippen LogP) is 3.32. The molecule has 1 aromatic heterocycles. The number of rotatable bonds is 3. The van der Waals surface area contributed by atoms with Crippen LogP contribution in [0.25, 0.3) is 10.9 Å². The molecule has 1 heterocycles. The van der Waals surface area contributed by atoms with E-state index in [9.17, 15) is 8.42 Å². The lowest BCUT2D eigenvalue weighted by atomic mass is 10.2. The van der Waals surface area contributed by atoms with Gasteiger partial charge in [-0.2, -0.15) is 0 Å². The van der Waals surface area contributed by atoms with Crippen LogP contribution < -0.4 is 4.74 Å². The lowest BCUT2D eigenvalue weighted by Crippen LogP contribution is -2.02. The van der Waals surface area contributed by atoms with Gasteiger partial charge < -0.3 is 9.72 Å². The fourth-order valence-corrected chi connectivity index (χ4v) is 3.93. The van der Waals surface area contributed by atoms with Crippen LogP contribution in [0, 0.1) is 6.92 Å². The highest BCUT2D eigenvalue weighted by Crippen LogP contribution is 2.30. The largest absolute Gasteiger partial charge is 0.496 e. The summed E-state index contributed by atoms with van der Waals surface area (Å²) in [4.78, 5) is 3.56. The van der Waals surface area contributed by atoms with Gasteiger partial charge in [0.2, 0.25) is 9.84 Å². The molecule has 5 heteroatoms. The quantitative estimate of drug-likeness (QED) is 0.807. The average molecular weight is 301 g/mol. The van der Waals surface area contributed by atoms with Crippen LogP contribution in [0.15, 0.2) is 58.5 Å². The zero-order chi connectivity index (χ0) is 15.0. The summed E-state index contributed by atoms with van der Waals surface area (Å²) in [5, 5.41) is 0.700. The molecule has 3 rings (SSSR count). The number of H-pyrrole nitrogens is 1. The molecule has 0 amide bonds. The Bertz CT molecular complexity index is 910. The van der Waals surface area contributed by atoms with Crippen LogP contribution >= 0.6 is 0 Å². The van der Waals surface area contributed by atoms with E-state index >= 15 is 0 Å². The minimum Gasteiger partial charge on any atom is -0.496 e. The maximum atomic E-state index is 12.8. The normalized spacial score (nSPS) is 11.7. The van der Waals surface area contributed by atoms with Gasteiger partial charge in [-0.25, -0.2) is 8.42 Å². The zero-order valence-electron chi connectivity index (χ0n) is 11.8. The zero-order valence-corrected chi connectivity index (χ0v) is 12.6. The monoisotopic (exact) mass is 301 g/mol. The summed E-state index contributed by atoms with van der Waals surface area (Å²) in [5.74, 6) is 0.674. The van der Waals surface area contributed by atoms with Crippen molar-refractivity contribution in [3.8, 4) is 5.75 Å². The Morgan fingerprint density at radius 3 is 2.57 bits per heavy atom. The first-order chi connectivity index (χ1) is 10.0. The molecule has 1 N–H and O–H groups in total. The SMILES string of the molecule is COc1ccc(S(=O)(=O)c2c[nH]c3ccccc23)cc1C. The van der Waals surface area contributed by atoms with E-state index in [4.69, 9.17) is 4.74 Å². The molecule has 0 aliphatic carbocycles. The number of benzene rings is 2. The Morgan fingerprint density at radius 1 is 1.10 bits per heavy atom. The standard InChI is InChI=1S/C16H15NO3S/c1-11-9-12(7-8-15(11)20-2)21(18,19)16-10-17-14-6-4-3-5-13(14)16/h3-10,17H,1-2H3. The Morgan fingerprint density at radius 2 is 1.86 bits per heavy atom. The van der Waals surface area contributed by atoms with E-state index < -0.39 is 9.84 Å². The van der Waals surface area contributed by atoms with Crippen molar-refractivity contribution in [2.45, 2.75) is 16.7 Å². The summed E-state index contributed by atoms with van der Waals surface area (Å²) < 4.78 is 30.8. The van der Waals surface area contributed by atoms with Crippen molar-refractivity contribution in [2.75, 3.05) is 7.11 Å². The van der Waals surface area contributed by atoms with Gasteiger partial charge in [0.25, 0.3) is 0 Å². The number of nitrogens with one attached hydrogen (secondary N) is 1. The van der Waals surface area contributed by atoms with Gasteiger partial charge in [-0.05, 0) is 36.8 Å². The Balaban J connectivity index is 2.19. The van der Waals surface area contributed by atoms with Crippen molar-refractivity contribution < 1.29 is 13.2 Å². The van der Waals surface area contributed by atoms with E-state index in [0.29, 0.717) is 16.0 Å². The van der Waals surface area contributed by atoms with E-state index in [0.717, 1.165) is 11.1 Å². The number of para-hydroxylation sites is 1. The number of hydrogen-bond acceptors (Lipinski definition) is 3. The highest BCUT2D eigenvalue weighted by atomic mass is 32.2. The van der Waals surface area contributed by atoms with Crippen molar-refractivity contribution in [3.63, 3.8) is 0 Å². The van der Waals surface area contributed by atoms with Crippen LogP contribution in [0.2, 0.25) is 0 Å². The molecule has 4 nitrogen and oxygen atoms in total. The second kappa shape index (κ2) is 4.93. The molecular weight excluding hydrogens is 286 g/mol. The molecular formula is C16H15NO3S. The van der Waals surface area contributed by atoms with Crippen LogP contribution in [0.1, 0.15) is 5.56 Å². The number of fused-ring (bicyclic) bond motifs is 1. The van der Waals surface area contributed by atoms with Crippen molar-refractivity contribution in [3.05, 3.63) is 54.2 Å². The molecule has 0 aliphatic rings. The van der Waals surface area contributed by atoms with Crippen LogP contribution in [0.5, 0.6) is 5.75 Å². The van der Waals surface area contributed by atoms with Crippen LogP contribution in [0.4, 0.5) is 0 Å². The fraction of sp³-hybridized carbons (Fsp3) is 0.125. The third-order valence-corrected chi connectivity index (χ3v) is 5.31. The van der Waals surface area contributed by atoms with Crippen molar-refractivity contribution in [1.82, 2.24) is 4.98 Å². The summed E-state index contributed by atoms with van der Waals surface area (Å²) in [6.07, 6.45) is 1.54. The Kier molecular flexibility index (Phi) is 3.22. The molecule has 0 aliphatic heterocycles. The van der Waals surface area contributed by atoms with E-state index in [1.54, 1.807) is 37.6 Å². The van der Waals surface area contributed by atoms with Gasteiger partial charge in [-0.3, -0.25) is 0 Å². The lowest BCUT2D eigenvalue weighted by Gasteiger charge is -2.08. The summed E-state index contributed by atoms with van der Waals surface area (Å²) in [6, 6.07) is 12.2. The van der Waals surface area contributed by atoms with E-state index in [-0.39, 0.29) is 4.90 Å². The smallest absolute Gasteiger partial charge is 0.208 e. The fourth-order valence-electron chi connectivity index (χ4n) is 2.41. The third kappa shape index (κ3) is 2.19. The highest BCUT2D eigenvalue weighted by molar-refractivity contribution is 7.91. The summed E-state index contributed by atoms with van der Waals surface area (Å²) in [7, 11) is -1.99. The Labute approximate surface area is 123 Å². The van der Waals surface area contributed by atoms with Crippen molar-refractivity contribution in [2.24, 2.45) is 0 Å². The number of aryl methyl sites for hydroxylation is 1. The third-order valence-electron chi connectivity index (χ3n) is 3.52. The van der Waals surface area contributed by atoms with Gasteiger partial charge in [-0.15, -0.1) is 0 Å². The minimum atomic E-state index is -3.56. The second-order valence-electron chi connectivity index (χ2n) is 4.83. The number of aromatic amines is 1. The molecule has 0 radical (unpaired) electrons. The van der Waals surface area contributed by atoms with Gasteiger partial charge in [0.15, 0.2) is 0 Å². The molecule has 3 aromatic rings. The van der Waals surface area contributed by atoms with Gasteiger partial charge in [-0.1, -0.05) is 18.2 Å². The molecule has 0 saturated heterocycles. The molecule has 0 unspecified atom stereocenters. The van der Waals surface area contributed by atoms with E-state index in [1.807, 2.05) is 25.1 Å². The number of ether oxygens (including phenoxy) is 1. The second-order valence-corrected chi connectivity index (χ2v) is 6.75. The van der Waals surface area contributed by atoms with E-state index in [2.05, 4.69) is 4.98 Å². The minimum absolute atomic E-state index is 0.269. The molecule has 108 valence electrons. The first-order valence-corrected chi connectivity index (χ1v) is 7.98. The molecule has 0 spiro atoms. The number of aromatic nitrogens is 1. The molecule has 0 fully saturated rings. The molecule has 0 bridgehead atoms. The van der Waals surface area contributed by atoms with Crippen LogP contribution in [-0.2, 0) is 9.84 Å². The van der Waals surface area contributed by atoms with Gasteiger partial charge in [0.1, 0.15) is 5.75 Å². The van der Waals surface area contributed by atoms with Gasteiger partial charge in [0, 0.05) is 17.1 Å². The topological polar surface area (TPSA) is 59.2 Å². The van der Waals surface area contributed by atoms with Gasteiger partial charge in [0.05, 0.1) is 16.9 Å². The molecule has 21 heavy (non-hydrogen) atoms. The van der Waals surface area contributed by atoms with Crippen molar-refractivity contribution in [1.29, 1.82) is 0 Å². The molecule has 0 saturated carbocycles. The predicted molar refractivity (Wildman–Crippen MR) is 81.5 cm³/mol. The summed E-state index contributed by atoms with van der Waals surface area (Å²) in [6.45, 7) is 1.83. The van der Waals surface area contributed by atoms with Crippen LogP contribution in [0.3, 0.4) is 0 Å². The summed E-state index contributed by atoms with van der Waals surface area (Å²) in [5.41, 5.74) is 1.60. The maximum Gasteiger partial charge on any atom is 0.208 e. The molecule has 2 aromatic carbocycles. The first-order valence-electron chi connectivity index (χ1n) is 6.50. The summed E-state index contributed by atoms with van der Waals surface area (Å²) >= 11 is 0. The highest BCUT2D eigenvalue weighted by Gasteiger charge is 2.22. The molecule has 0 atom stereocenters. The van der Waals surface area contributed by atoms with E-state index in [1.165, 1.54) is 0 Å². The number of hydrogen-bond donors (Lipinski definition) is 1. The van der Waals surface area contributed by atoms with Crippen molar-refractivity contribution >= 4 is 20.7 Å². The number of sulfone groups is 1.